The summed E-state index contributed by atoms with van der Waals surface area (Å²) in [6.45, 7) is 1.94. The number of rotatable bonds is 4. The molecule has 2 heterocycles. The van der Waals surface area contributed by atoms with Crippen molar-refractivity contribution in [1.29, 1.82) is 0 Å². The van der Waals surface area contributed by atoms with Crippen molar-refractivity contribution in [2.45, 2.75) is 13.3 Å². The molecule has 7 nitrogen and oxygen atoms in total. The highest BCUT2D eigenvalue weighted by molar-refractivity contribution is 5.93. The summed E-state index contributed by atoms with van der Waals surface area (Å²) in [4.78, 5) is 28.2. The van der Waals surface area contributed by atoms with Gasteiger partial charge in [0.15, 0.2) is 5.75 Å². The van der Waals surface area contributed by atoms with Crippen molar-refractivity contribution in [3.8, 4) is 28.8 Å². The van der Waals surface area contributed by atoms with Crippen molar-refractivity contribution < 1.29 is 19.0 Å². The molecule has 0 spiro atoms. The van der Waals surface area contributed by atoms with Gasteiger partial charge in [-0.25, -0.2) is 19.7 Å². The smallest absolute Gasteiger partial charge is 0.341 e. The molecule has 0 amide bonds. The average molecular weight is 392 g/mol. The first-order valence-electron chi connectivity index (χ1n) is 8.66. The van der Waals surface area contributed by atoms with Crippen LogP contribution in [0.3, 0.4) is 0 Å². The molecule has 0 fully saturated rings. The minimum Gasteiger partial charge on any atom is -0.465 e. The number of ether oxygens (including phenoxy) is 1. The van der Waals surface area contributed by atoms with E-state index in [9.17, 15) is 9.32 Å². The van der Waals surface area contributed by atoms with Crippen LogP contribution in [-0.4, -0.2) is 28.0 Å². The topological polar surface area (TPSA) is 100 Å². The van der Waals surface area contributed by atoms with Gasteiger partial charge in [-0.15, -0.1) is 0 Å². The molecule has 0 atom stereocenters. The zero-order valence-electron chi connectivity index (χ0n) is 15.8. The van der Waals surface area contributed by atoms with E-state index in [1.54, 1.807) is 24.4 Å². The largest absolute Gasteiger partial charge is 0.465 e. The van der Waals surface area contributed by atoms with Crippen LogP contribution in [0.5, 0.6) is 5.75 Å². The number of anilines is 1. The number of esters is 1. The molecule has 29 heavy (non-hydrogen) atoms. The van der Waals surface area contributed by atoms with E-state index in [2.05, 4.69) is 36.5 Å². The van der Waals surface area contributed by atoms with Crippen LogP contribution in [0, 0.1) is 11.8 Å². The maximum Gasteiger partial charge on any atom is 0.341 e. The molecular formula is C21H17FN4O3. The van der Waals surface area contributed by atoms with E-state index >= 15 is 0 Å². The van der Waals surface area contributed by atoms with Crippen LogP contribution in [0.4, 0.5) is 10.3 Å². The molecule has 1 aromatic carbocycles. The highest BCUT2D eigenvalue weighted by atomic mass is 19.3. The van der Waals surface area contributed by atoms with E-state index in [4.69, 9.17) is 5.73 Å². The predicted molar refractivity (Wildman–Crippen MR) is 105 cm³/mol. The number of methoxy groups -OCH3 is 1. The second-order valence-electron chi connectivity index (χ2n) is 5.90. The Morgan fingerprint density at radius 3 is 2.66 bits per heavy atom. The number of aromatic nitrogens is 3. The number of carbonyl (C=O) groups excluding carboxylic acids is 1. The monoisotopic (exact) mass is 392 g/mol. The van der Waals surface area contributed by atoms with E-state index in [1.807, 2.05) is 6.92 Å². The first-order valence-corrected chi connectivity index (χ1v) is 8.66. The number of nitrogens with zero attached hydrogens (tertiary/aromatic N) is 3. The van der Waals surface area contributed by atoms with Crippen molar-refractivity contribution in [2.75, 3.05) is 12.8 Å². The van der Waals surface area contributed by atoms with Crippen molar-refractivity contribution in [3.63, 3.8) is 0 Å². The molecule has 0 aliphatic heterocycles. The van der Waals surface area contributed by atoms with Gasteiger partial charge >= 0.3 is 5.97 Å². The Morgan fingerprint density at radius 1 is 1.17 bits per heavy atom. The number of benzene rings is 1. The SMILES string of the molecule is CCc1ncnc(-c2ccc(C(=O)OC)c(OF)c2)c1C#Cc1ccc(N)nc1. The van der Waals surface area contributed by atoms with Gasteiger partial charge in [-0.05, 0) is 30.7 Å². The molecule has 0 radical (unpaired) electrons. The molecule has 0 saturated heterocycles. The molecule has 0 aliphatic rings. The number of hydrogen-bond acceptors (Lipinski definition) is 7. The zero-order valence-corrected chi connectivity index (χ0v) is 15.8. The number of aryl methyl sites for hydroxylation is 1. The van der Waals surface area contributed by atoms with E-state index in [0.29, 0.717) is 34.6 Å². The van der Waals surface area contributed by atoms with Crippen molar-refractivity contribution in [1.82, 2.24) is 15.0 Å². The van der Waals surface area contributed by atoms with Crippen LogP contribution in [0.15, 0.2) is 42.9 Å². The Bertz CT molecular complexity index is 1110. The molecule has 0 saturated carbocycles. The second-order valence-corrected chi connectivity index (χ2v) is 5.90. The van der Waals surface area contributed by atoms with Gasteiger partial charge in [0, 0.05) is 21.8 Å². The van der Waals surface area contributed by atoms with Crippen LogP contribution in [0.25, 0.3) is 11.3 Å². The Kier molecular flexibility index (Phi) is 6.00. The third-order valence-electron chi connectivity index (χ3n) is 4.12. The fraction of sp³-hybridized carbons (Fsp3) is 0.143. The van der Waals surface area contributed by atoms with Gasteiger partial charge in [-0.3, -0.25) is 4.94 Å². The van der Waals surface area contributed by atoms with Gasteiger partial charge < -0.3 is 10.5 Å². The lowest BCUT2D eigenvalue weighted by molar-refractivity contribution is -0.00804. The number of nitrogen functional groups attached to an aromatic ring is 1. The Morgan fingerprint density at radius 2 is 2.00 bits per heavy atom. The maximum absolute atomic E-state index is 13.0. The lowest BCUT2D eigenvalue weighted by Gasteiger charge is -2.10. The van der Waals surface area contributed by atoms with E-state index in [0.717, 1.165) is 5.69 Å². The van der Waals surface area contributed by atoms with E-state index in [-0.39, 0.29) is 11.3 Å². The summed E-state index contributed by atoms with van der Waals surface area (Å²) < 4.78 is 17.7. The molecule has 0 aliphatic carbocycles. The first-order chi connectivity index (χ1) is 14.1. The lowest BCUT2D eigenvalue weighted by atomic mass is 10.0. The summed E-state index contributed by atoms with van der Waals surface area (Å²) in [6, 6.07) is 7.80. The minimum atomic E-state index is -0.711. The molecule has 0 unspecified atom stereocenters. The quantitative estimate of drug-likeness (QED) is 0.538. The highest BCUT2D eigenvalue weighted by Crippen LogP contribution is 2.29. The summed E-state index contributed by atoms with van der Waals surface area (Å²) in [5.74, 6) is 5.50. The van der Waals surface area contributed by atoms with E-state index in [1.165, 1.54) is 25.6 Å². The minimum absolute atomic E-state index is 0.0379. The normalized spacial score (nSPS) is 10.0. The third-order valence-corrected chi connectivity index (χ3v) is 4.12. The van der Waals surface area contributed by atoms with Gasteiger partial charge in [0.1, 0.15) is 17.7 Å². The zero-order chi connectivity index (χ0) is 20.8. The van der Waals surface area contributed by atoms with Gasteiger partial charge in [-0.2, -0.15) is 0 Å². The Labute approximate surface area is 166 Å². The number of nitrogens with two attached hydrogens (primary N) is 1. The van der Waals surface area contributed by atoms with Crippen LogP contribution in [0.2, 0.25) is 0 Å². The molecule has 3 aromatic rings. The molecular weight excluding hydrogens is 375 g/mol. The number of carbonyl (C=O) groups is 1. The standard InChI is InChI=1S/C21H17FN4O3/c1-3-17-15(7-4-13-5-9-19(23)24-11-13)20(26-12-25-17)14-6-8-16(21(27)28-2)18(10-14)29-22/h5-6,8-12H,3H2,1-2H3,(H2,23,24). The van der Waals surface area contributed by atoms with Gasteiger partial charge in [0.05, 0.1) is 24.1 Å². The summed E-state index contributed by atoms with van der Waals surface area (Å²) in [7, 11) is 1.20. The summed E-state index contributed by atoms with van der Waals surface area (Å²) in [5.41, 5.74) is 8.55. The third kappa shape index (κ3) is 4.30. The Balaban J connectivity index is 2.11. The van der Waals surface area contributed by atoms with Crippen LogP contribution < -0.4 is 10.7 Å². The molecule has 3 rings (SSSR count). The molecule has 146 valence electrons. The highest BCUT2D eigenvalue weighted by Gasteiger charge is 2.18. The van der Waals surface area contributed by atoms with Crippen LogP contribution in [-0.2, 0) is 11.2 Å². The van der Waals surface area contributed by atoms with Crippen molar-refractivity contribution in [2.24, 2.45) is 0 Å². The Hall–Kier alpha value is -3.99. The fourth-order valence-corrected chi connectivity index (χ4v) is 2.67. The molecule has 8 heteroatoms. The number of pyridine rings is 1. The lowest BCUT2D eigenvalue weighted by Crippen LogP contribution is -2.04. The average Bonchev–Trinajstić information content (AvgIpc) is 2.77. The van der Waals surface area contributed by atoms with Gasteiger partial charge in [0.2, 0.25) is 0 Å². The van der Waals surface area contributed by atoms with Crippen LogP contribution >= 0.6 is 0 Å². The van der Waals surface area contributed by atoms with Crippen molar-refractivity contribution >= 4 is 11.8 Å². The first kappa shape index (κ1) is 19.8. The maximum atomic E-state index is 13.0. The van der Waals surface area contributed by atoms with Crippen LogP contribution in [0.1, 0.15) is 34.1 Å². The molecule has 0 bridgehead atoms. The summed E-state index contributed by atoms with van der Waals surface area (Å²) in [6.07, 6.45) is 3.60. The molecule has 2 N–H and O–H groups in total. The summed E-state index contributed by atoms with van der Waals surface area (Å²) in [5, 5.41) is 0. The van der Waals surface area contributed by atoms with Crippen molar-refractivity contribution in [3.05, 3.63) is 65.2 Å². The van der Waals surface area contributed by atoms with Gasteiger partial charge in [-0.1, -0.05) is 24.8 Å². The molecule has 2 aromatic heterocycles. The predicted octanol–water partition coefficient (Wildman–Crippen LogP) is 3.13. The fourth-order valence-electron chi connectivity index (χ4n) is 2.67. The summed E-state index contributed by atoms with van der Waals surface area (Å²) >= 11 is 0. The second kappa shape index (κ2) is 8.80. The number of hydrogen-bond donors (Lipinski definition) is 1. The van der Waals surface area contributed by atoms with E-state index < -0.39 is 5.97 Å². The number of halogens is 1. The van der Waals surface area contributed by atoms with Gasteiger partial charge in [0.25, 0.3) is 0 Å².